The Morgan fingerprint density at radius 3 is 2.08 bits per heavy atom. The van der Waals surface area contributed by atoms with Gasteiger partial charge in [0, 0.05) is 23.5 Å². The Kier molecular flexibility index (Phi) is 5.12. The lowest BCUT2D eigenvalue weighted by molar-refractivity contribution is -0.756. The van der Waals surface area contributed by atoms with Crippen LogP contribution in [0, 0.1) is 19.8 Å². The number of quaternary nitrogens is 1. The first-order chi connectivity index (χ1) is 11.9. The summed E-state index contributed by atoms with van der Waals surface area (Å²) in [6.07, 6.45) is 3.25. The summed E-state index contributed by atoms with van der Waals surface area (Å²) in [6, 6.07) is 18.0. The number of hydrogen-bond donors (Lipinski definition) is 2. The predicted octanol–water partition coefficient (Wildman–Crippen LogP) is 4.00. The van der Waals surface area contributed by atoms with Crippen molar-refractivity contribution in [3.8, 4) is 0 Å². The first kappa shape index (κ1) is 17.9. The minimum absolute atomic E-state index is 0.162. The zero-order chi connectivity index (χ0) is 18.0. The second kappa shape index (κ2) is 7.15. The zero-order valence-electron chi connectivity index (χ0n) is 15.6. The van der Waals surface area contributed by atoms with E-state index in [4.69, 9.17) is 0 Å². The summed E-state index contributed by atoms with van der Waals surface area (Å²) < 4.78 is 0. The zero-order valence-corrected chi connectivity index (χ0v) is 15.6. The SMILES string of the molecule is C=CC[C@@]1(O)C[C@H](c2ccc(C)cc2)[NH2+][C@@H](c2ccc(C)cc2)[C@H]1C. The molecule has 1 aliphatic rings. The van der Waals surface area contributed by atoms with Gasteiger partial charge in [0.05, 0.1) is 5.60 Å². The molecule has 2 aromatic rings. The quantitative estimate of drug-likeness (QED) is 0.814. The Morgan fingerprint density at radius 2 is 1.56 bits per heavy atom. The van der Waals surface area contributed by atoms with Gasteiger partial charge < -0.3 is 10.4 Å². The van der Waals surface area contributed by atoms with Crippen molar-refractivity contribution >= 4 is 0 Å². The van der Waals surface area contributed by atoms with Gasteiger partial charge >= 0.3 is 0 Å². The van der Waals surface area contributed by atoms with E-state index in [0.717, 1.165) is 6.42 Å². The normalized spacial score (nSPS) is 29.4. The Balaban J connectivity index is 1.97. The number of aliphatic hydroxyl groups is 1. The molecule has 1 fully saturated rings. The highest BCUT2D eigenvalue weighted by atomic mass is 16.3. The summed E-state index contributed by atoms with van der Waals surface area (Å²) in [6.45, 7) is 10.3. The number of aryl methyl sites for hydroxylation is 2. The van der Waals surface area contributed by atoms with Gasteiger partial charge in [-0.1, -0.05) is 72.7 Å². The van der Waals surface area contributed by atoms with Crippen molar-refractivity contribution in [2.45, 2.75) is 51.3 Å². The predicted molar refractivity (Wildman–Crippen MR) is 103 cm³/mol. The van der Waals surface area contributed by atoms with Crippen LogP contribution in [-0.2, 0) is 0 Å². The second-order valence-corrected chi connectivity index (χ2v) is 7.74. The largest absolute Gasteiger partial charge is 0.389 e. The van der Waals surface area contributed by atoms with Crippen LogP contribution >= 0.6 is 0 Å². The first-order valence-electron chi connectivity index (χ1n) is 9.24. The van der Waals surface area contributed by atoms with E-state index in [1.807, 2.05) is 6.08 Å². The molecule has 2 aromatic carbocycles. The van der Waals surface area contributed by atoms with Crippen molar-refractivity contribution in [3.05, 3.63) is 83.4 Å². The molecule has 1 aliphatic heterocycles. The fraction of sp³-hybridized carbons (Fsp3) is 0.391. The van der Waals surface area contributed by atoms with Gasteiger partial charge in [-0.05, 0) is 20.3 Å². The third-order valence-electron chi connectivity index (χ3n) is 5.86. The number of nitrogens with two attached hydrogens (primary N) is 1. The molecule has 0 radical (unpaired) electrons. The highest BCUT2D eigenvalue weighted by molar-refractivity contribution is 5.27. The summed E-state index contributed by atoms with van der Waals surface area (Å²) in [5, 5.41) is 13.9. The first-order valence-corrected chi connectivity index (χ1v) is 9.24. The Hall–Kier alpha value is -1.90. The number of piperidine rings is 1. The second-order valence-electron chi connectivity index (χ2n) is 7.74. The fourth-order valence-electron chi connectivity index (χ4n) is 4.14. The average Bonchev–Trinajstić information content (AvgIpc) is 2.59. The van der Waals surface area contributed by atoms with E-state index in [9.17, 15) is 5.11 Å². The molecule has 4 atom stereocenters. The third-order valence-corrected chi connectivity index (χ3v) is 5.86. The van der Waals surface area contributed by atoms with Gasteiger partial charge in [0.25, 0.3) is 0 Å². The molecule has 0 unspecified atom stereocenters. The van der Waals surface area contributed by atoms with Gasteiger partial charge in [-0.2, -0.15) is 0 Å². The van der Waals surface area contributed by atoms with E-state index < -0.39 is 5.60 Å². The molecule has 1 saturated heterocycles. The molecule has 3 N–H and O–H groups in total. The van der Waals surface area contributed by atoms with Gasteiger partial charge in [0.15, 0.2) is 0 Å². The maximum absolute atomic E-state index is 11.4. The van der Waals surface area contributed by atoms with Crippen LogP contribution < -0.4 is 5.32 Å². The van der Waals surface area contributed by atoms with Gasteiger partial charge in [0.1, 0.15) is 12.1 Å². The highest BCUT2D eigenvalue weighted by Crippen LogP contribution is 2.40. The van der Waals surface area contributed by atoms with E-state index in [0.29, 0.717) is 6.42 Å². The van der Waals surface area contributed by atoms with E-state index >= 15 is 0 Å². The van der Waals surface area contributed by atoms with Crippen LogP contribution in [0.3, 0.4) is 0 Å². The Bertz CT molecular complexity index is 719. The van der Waals surface area contributed by atoms with Crippen molar-refractivity contribution in [1.82, 2.24) is 0 Å². The third kappa shape index (κ3) is 3.70. The molecule has 0 saturated carbocycles. The van der Waals surface area contributed by atoms with Crippen molar-refractivity contribution in [3.63, 3.8) is 0 Å². The maximum atomic E-state index is 11.4. The minimum Gasteiger partial charge on any atom is -0.389 e. The van der Waals surface area contributed by atoms with Crippen molar-refractivity contribution in [1.29, 1.82) is 0 Å². The molecule has 0 aromatic heterocycles. The van der Waals surface area contributed by atoms with Crippen molar-refractivity contribution in [2.75, 3.05) is 0 Å². The van der Waals surface area contributed by atoms with Crippen LogP contribution in [0.1, 0.15) is 54.1 Å². The molecular formula is C23H30NO+. The van der Waals surface area contributed by atoms with E-state index in [2.05, 4.69) is 81.2 Å². The lowest BCUT2D eigenvalue weighted by atomic mass is 9.70. The van der Waals surface area contributed by atoms with Crippen LogP contribution in [0.25, 0.3) is 0 Å². The molecule has 1 heterocycles. The number of hydrogen-bond acceptors (Lipinski definition) is 1. The minimum atomic E-state index is -0.721. The molecule has 0 aliphatic carbocycles. The van der Waals surface area contributed by atoms with Crippen LogP contribution in [0.5, 0.6) is 0 Å². The van der Waals surface area contributed by atoms with Gasteiger partial charge in [-0.15, -0.1) is 6.58 Å². The number of rotatable bonds is 4. The average molecular weight is 336 g/mol. The van der Waals surface area contributed by atoms with Crippen LogP contribution in [-0.4, -0.2) is 10.7 Å². The molecule has 3 rings (SSSR count). The summed E-state index contributed by atoms with van der Waals surface area (Å²) in [4.78, 5) is 0. The summed E-state index contributed by atoms with van der Waals surface area (Å²) in [5.74, 6) is 0.162. The topological polar surface area (TPSA) is 36.8 Å². The summed E-state index contributed by atoms with van der Waals surface area (Å²) >= 11 is 0. The van der Waals surface area contributed by atoms with Crippen molar-refractivity contribution < 1.29 is 10.4 Å². The number of benzene rings is 2. The molecule has 132 valence electrons. The van der Waals surface area contributed by atoms with Crippen LogP contribution in [0.4, 0.5) is 0 Å². The monoisotopic (exact) mass is 336 g/mol. The van der Waals surface area contributed by atoms with Gasteiger partial charge in [-0.25, -0.2) is 0 Å². The standard InChI is InChI=1S/C23H29NO/c1-5-14-23(25)15-21(19-10-6-16(2)7-11-19)24-22(18(23)4)20-12-8-17(3)9-13-20/h5-13,18,21-22,24-25H,1,14-15H2,2-4H3/p+1/t18-,21-,22-,23-/m1/s1. The highest BCUT2D eigenvalue weighted by Gasteiger charge is 2.48. The van der Waals surface area contributed by atoms with Crippen LogP contribution in [0.2, 0.25) is 0 Å². The summed E-state index contributed by atoms with van der Waals surface area (Å²) in [5.41, 5.74) is 4.39. The fourth-order valence-corrected chi connectivity index (χ4v) is 4.14. The molecule has 25 heavy (non-hydrogen) atoms. The van der Waals surface area contributed by atoms with Gasteiger partial charge in [0.2, 0.25) is 0 Å². The van der Waals surface area contributed by atoms with E-state index in [-0.39, 0.29) is 18.0 Å². The van der Waals surface area contributed by atoms with E-state index in [1.165, 1.54) is 22.3 Å². The smallest absolute Gasteiger partial charge is 0.117 e. The van der Waals surface area contributed by atoms with Crippen molar-refractivity contribution in [2.24, 2.45) is 5.92 Å². The molecule has 0 bridgehead atoms. The molecular weight excluding hydrogens is 306 g/mol. The van der Waals surface area contributed by atoms with Crippen LogP contribution in [0.15, 0.2) is 61.2 Å². The van der Waals surface area contributed by atoms with E-state index in [1.54, 1.807) is 0 Å². The molecule has 2 heteroatoms. The molecule has 0 spiro atoms. The summed E-state index contributed by atoms with van der Waals surface area (Å²) in [7, 11) is 0. The van der Waals surface area contributed by atoms with Gasteiger partial charge in [-0.3, -0.25) is 0 Å². The Labute approximate surface area is 151 Å². The molecule has 0 amide bonds. The lowest BCUT2D eigenvalue weighted by Crippen LogP contribution is -2.91. The molecule has 2 nitrogen and oxygen atoms in total. The Morgan fingerprint density at radius 1 is 1.04 bits per heavy atom. The maximum Gasteiger partial charge on any atom is 0.117 e. The lowest BCUT2D eigenvalue weighted by Gasteiger charge is -2.44.